The van der Waals surface area contributed by atoms with Gasteiger partial charge in [-0.1, -0.05) is 18.2 Å². The first-order valence-electron chi connectivity index (χ1n) is 4.26. The first-order chi connectivity index (χ1) is 5.77. The Bertz CT molecular complexity index is 226. The summed E-state index contributed by atoms with van der Waals surface area (Å²) < 4.78 is 5.11. The Labute approximate surface area is 72.9 Å². The third-order valence-electron chi connectivity index (χ3n) is 1.95. The Hall–Kier alpha value is -1.05. The van der Waals surface area contributed by atoms with Crippen LogP contribution < -0.4 is 0 Å². The molecule has 0 aliphatic carbocycles. The number of allylic oxidation sites excluding steroid dienone is 2. The quantitative estimate of drug-likeness (QED) is 0.464. The molecule has 1 fully saturated rings. The Morgan fingerprint density at radius 3 is 2.75 bits per heavy atom. The number of ether oxygens (including phenoxy) is 1. The molecule has 66 valence electrons. The number of carbonyl (C=O) groups is 1. The standard InChI is InChI=1S/C10H14O2/c1-3-5-8(4-2)9-6-7-10(11)12-9/h3-5,9H,6-7H2,1-2H3/b5-3-,8-4+. The largest absolute Gasteiger partial charge is 0.457 e. The summed E-state index contributed by atoms with van der Waals surface area (Å²) in [6, 6.07) is 0. The van der Waals surface area contributed by atoms with Gasteiger partial charge < -0.3 is 4.74 Å². The topological polar surface area (TPSA) is 26.3 Å². The van der Waals surface area contributed by atoms with E-state index in [4.69, 9.17) is 4.74 Å². The number of cyclic esters (lactones) is 1. The van der Waals surface area contributed by atoms with Gasteiger partial charge in [0.2, 0.25) is 0 Å². The van der Waals surface area contributed by atoms with E-state index in [-0.39, 0.29) is 12.1 Å². The zero-order valence-electron chi connectivity index (χ0n) is 7.54. The monoisotopic (exact) mass is 166 g/mol. The first kappa shape index (κ1) is 9.04. The van der Waals surface area contributed by atoms with Crippen LogP contribution >= 0.6 is 0 Å². The second-order valence-corrected chi connectivity index (χ2v) is 2.81. The van der Waals surface area contributed by atoms with Gasteiger partial charge in [-0.25, -0.2) is 0 Å². The molecule has 1 heterocycles. The van der Waals surface area contributed by atoms with Gasteiger partial charge in [-0.2, -0.15) is 0 Å². The molecule has 0 radical (unpaired) electrons. The minimum Gasteiger partial charge on any atom is -0.457 e. The molecule has 1 aliphatic rings. The van der Waals surface area contributed by atoms with Crippen LogP contribution in [0.4, 0.5) is 0 Å². The van der Waals surface area contributed by atoms with Crippen LogP contribution in [0.25, 0.3) is 0 Å². The fourth-order valence-electron chi connectivity index (χ4n) is 1.34. The van der Waals surface area contributed by atoms with Crippen LogP contribution in [0.15, 0.2) is 23.8 Å². The average molecular weight is 166 g/mol. The van der Waals surface area contributed by atoms with E-state index in [1.54, 1.807) is 0 Å². The van der Waals surface area contributed by atoms with Crippen molar-refractivity contribution in [2.75, 3.05) is 0 Å². The van der Waals surface area contributed by atoms with Crippen LogP contribution in [0.1, 0.15) is 26.7 Å². The number of hydrogen-bond acceptors (Lipinski definition) is 2. The predicted molar refractivity (Wildman–Crippen MR) is 47.7 cm³/mol. The minimum atomic E-state index is -0.0798. The van der Waals surface area contributed by atoms with Crippen LogP contribution in [0.2, 0.25) is 0 Å². The van der Waals surface area contributed by atoms with Gasteiger partial charge in [0.05, 0.1) is 0 Å². The van der Waals surface area contributed by atoms with Gasteiger partial charge in [0, 0.05) is 6.42 Å². The van der Waals surface area contributed by atoms with Gasteiger partial charge in [0.15, 0.2) is 0 Å². The van der Waals surface area contributed by atoms with Crippen molar-refractivity contribution in [3.8, 4) is 0 Å². The summed E-state index contributed by atoms with van der Waals surface area (Å²) in [6.45, 7) is 3.92. The van der Waals surface area contributed by atoms with Crippen molar-refractivity contribution in [3.63, 3.8) is 0 Å². The fraction of sp³-hybridized carbons (Fsp3) is 0.500. The molecule has 0 spiro atoms. The third-order valence-corrected chi connectivity index (χ3v) is 1.95. The summed E-state index contributed by atoms with van der Waals surface area (Å²) >= 11 is 0. The summed E-state index contributed by atoms with van der Waals surface area (Å²) in [5.74, 6) is -0.0798. The van der Waals surface area contributed by atoms with Gasteiger partial charge in [-0.15, -0.1) is 0 Å². The highest BCUT2D eigenvalue weighted by molar-refractivity contribution is 5.72. The second-order valence-electron chi connectivity index (χ2n) is 2.81. The van der Waals surface area contributed by atoms with Crippen molar-refractivity contribution >= 4 is 5.97 Å². The maximum Gasteiger partial charge on any atom is 0.306 e. The van der Waals surface area contributed by atoms with E-state index in [2.05, 4.69) is 0 Å². The molecule has 0 bridgehead atoms. The normalized spacial score (nSPS) is 25.0. The first-order valence-corrected chi connectivity index (χ1v) is 4.26. The number of hydrogen-bond donors (Lipinski definition) is 0. The number of rotatable bonds is 2. The minimum absolute atomic E-state index is 0.00120. The van der Waals surface area contributed by atoms with Gasteiger partial charge in [0.25, 0.3) is 0 Å². The molecule has 0 aromatic heterocycles. The molecule has 0 amide bonds. The molecular formula is C10H14O2. The van der Waals surface area contributed by atoms with Crippen molar-refractivity contribution in [2.45, 2.75) is 32.8 Å². The predicted octanol–water partition coefficient (Wildman–Crippen LogP) is 2.21. The Morgan fingerprint density at radius 2 is 2.33 bits per heavy atom. The molecule has 0 aromatic rings. The van der Waals surface area contributed by atoms with Crippen molar-refractivity contribution in [1.82, 2.24) is 0 Å². The van der Waals surface area contributed by atoms with E-state index in [1.807, 2.05) is 32.1 Å². The van der Waals surface area contributed by atoms with E-state index in [1.165, 1.54) is 0 Å². The lowest BCUT2D eigenvalue weighted by molar-refractivity contribution is -0.140. The van der Waals surface area contributed by atoms with Crippen molar-refractivity contribution < 1.29 is 9.53 Å². The average Bonchev–Trinajstić information content (AvgIpc) is 2.47. The second kappa shape index (κ2) is 4.10. The molecule has 0 saturated carbocycles. The van der Waals surface area contributed by atoms with Crippen molar-refractivity contribution in [1.29, 1.82) is 0 Å². The molecule has 1 aliphatic heterocycles. The smallest absolute Gasteiger partial charge is 0.306 e. The number of esters is 1. The van der Waals surface area contributed by atoms with Crippen LogP contribution in [-0.2, 0) is 9.53 Å². The SMILES string of the molecule is C/C=C\C(=C/C)C1CCC(=O)O1. The zero-order valence-corrected chi connectivity index (χ0v) is 7.54. The lowest BCUT2D eigenvalue weighted by Crippen LogP contribution is -2.08. The molecule has 2 heteroatoms. The molecular weight excluding hydrogens is 152 g/mol. The summed E-state index contributed by atoms with van der Waals surface area (Å²) in [5, 5.41) is 0. The highest BCUT2D eigenvalue weighted by Crippen LogP contribution is 2.21. The summed E-state index contributed by atoms with van der Waals surface area (Å²) in [5.41, 5.74) is 1.10. The van der Waals surface area contributed by atoms with E-state index < -0.39 is 0 Å². The molecule has 0 N–H and O–H groups in total. The van der Waals surface area contributed by atoms with Crippen molar-refractivity contribution in [2.24, 2.45) is 0 Å². The van der Waals surface area contributed by atoms with Crippen molar-refractivity contribution in [3.05, 3.63) is 23.8 Å². The highest BCUT2D eigenvalue weighted by atomic mass is 16.5. The van der Waals surface area contributed by atoms with E-state index in [9.17, 15) is 4.79 Å². The van der Waals surface area contributed by atoms with Gasteiger partial charge in [-0.3, -0.25) is 4.79 Å². The fourth-order valence-corrected chi connectivity index (χ4v) is 1.34. The molecule has 2 nitrogen and oxygen atoms in total. The third kappa shape index (κ3) is 1.97. The number of carbonyl (C=O) groups excluding carboxylic acids is 1. The molecule has 12 heavy (non-hydrogen) atoms. The van der Waals surface area contributed by atoms with Gasteiger partial charge in [0.1, 0.15) is 6.10 Å². The van der Waals surface area contributed by atoms with Gasteiger partial charge in [-0.05, 0) is 25.8 Å². The molecule has 1 saturated heterocycles. The molecule has 1 unspecified atom stereocenters. The maximum atomic E-state index is 10.8. The zero-order chi connectivity index (χ0) is 8.97. The summed E-state index contributed by atoms with van der Waals surface area (Å²) in [4.78, 5) is 10.8. The summed E-state index contributed by atoms with van der Waals surface area (Å²) in [6.07, 6.45) is 7.31. The Kier molecular flexibility index (Phi) is 3.09. The van der Waals surface area contributed by atoms with E-state index in [0.29, 0.717) is 6.42 Å². The summed E-state index contributed by atoms with van der Waals surface area (Å²) in [7, 11) is 0. The molecule has 0 aromatic carbocycles. The van der Waals surface area contributed by atoms with Crippen LogP contribution in [-0.4, -0.2) is 12.1 Å². The highest BCUT2D eigenvalue weighted by Gasteiger charge is 2.24. The van der Waals surface area contributed by atoms with Crippen LogP contribution in [0.5, 0.6) is 0 Å². The van der Waals surface area contributed by atoms with E-state index in [0.717, 1.165) is 12.0 Å². The molecule has 1 atom stereocenters. The molecule has 1 rings (SSSR count). The lowest BCUT2D eigenvalue weighted by atomic mass is 10.1. The van der Waals surface area contributed by atoms with E-state index >= 15 is 0 Å². The maximum absolute atomic E-state index is 10.8. The van der Waals surface area contributed by atoms with Crippen LogP contribution in [0, 0.1) is 0 Å². The van der Waals surface area contributed by atoms with Crippen LogP contribution in [0.3, 0.4) is 0 Å². The Balaban J connectivity index is 2.62. The van der Waals surface area contributed by atoms with Gasteiger partial charge >= 0.3 is 5.97 Å². The Morgan fingerprint density at radius 1 is 1.58 bits per heavy atom. The lowest BCUT2D eigenvalue weighted by Gasteiger charge is -2.09.